The zero-order valence-corrected chi connectivity index (χ0v) is 14.8. The topological polar surface area (TPSA) is 58.1 Å². The second-order valence-corrected chi connectivity index (χ2v) is 5.37. The molecule has 23 heavy (non-hydrogen) atoms. The number of hydrogen-bond acceptors (Lipinski definition) is 4. The van der Waals surface area contributed by atoms with Gasteiger partial charge in [-0.05, 0) is 58.3 Å². The van der Waals surface area contributed by atoms with Crippen molar-refractivity contribution in [3.8, 4) is 11.5 Å². The van der Waals surface area contributed by atoms with Crippen molar-refractivity contribution >= 4 is 5.96 Å². The van der Waals surface area contributed by atoms with Crippen LogP contribution in [0.4, 0.5) is 0 Å². The molecule has 0 aliphatic carbocycles. The van der Waals surface area contributed by atoms with Crippen LogP contribution >= 0.6 is 0 Å². The summed E-state index contributed by atoms with van der Waals surface area (Å²) in [5.74, 6) is 2.50. The van der Waals surface area contributed by atoms with Crippen molar-refractivity contribution in [1.82, 2.24) is 15.5 Å². The van der Waals surface area contributed by atoms with Crippen molar-refractivity contribution in [3.05, 3.63) is 24.3 Å². The molecule has 0 radical (unpaired) electrons. The third-order valence-electron chi connectivity index (χ3n) is 3.10. The van der Waals surface area contributed by atoms with Gasteiger partial charge < -0.3 is 25.0 Å². The Bertz CT molecular complexity index is 446. The fourth-order valence-electron chi connectivity index (χ4n) is 1.93. The van der Waals surface area contributed by atoms with Crippen molar-refractivity contribution in [2.75, 3.05) is 54.0 Å². The second-order valence-electron chi connectivity index (χ2n) is 5.37. The Balaban J connectivity index is 2.27. The standard InChI is InChI=1S/C17H30N4O2/c1-5-18-17(19-11-6-13-21(2)3)20-12-14-23-16-9-7-15(22-4)8-10-16/h7-10H,5-6,11-14H2,1-4H3,(H2,18,19,20). The lowest BCUT2D eigenvalue weighted by Crippen LogP contribution is -2.39. The summed E-state index contributed by atoms with van der Waals surface area (Å²) in [7, 11) is 5.80. The van der Waals surface area contributed by atoms with Crippen LogP contribution in [0.3, 0.4) is 0 Å². The van der Waals surface area contributed by atoms with Crippen LogP contribution in [0.1, 0.15) is 13.3 Å². The lowest BCUT2D eigenvalue weighted by atomic mass is 10.3. The predicted octanol–water partition coefficient (Wildman–Crippen LogP) is 1.58. The largest absolute Gasteiger partial charge is 0.497 e. The molecule has 0 saturated carbocycles. The number of rotatable bonds is 10. The number of nitrogens with zero attached hydrogens (tertiary/aromatic N) is 2. The van der Waals surface area contributed by atoms with Gasteiger partial charge in [0.05, 0.1) is 13.7 Å². The van der Waals surface area contributed by atoms with Crippen LogP contribution in [-0.2, 0) is 0 Å². The molecule has 1 aromatic carbocycles. The minimum absolute atomic E-state index is 0.578. The molecule has 0 aliphatic heterocycles. The summed E-state index contributed by atoms with van der Waals surface area (Å²) >= 11 is 0. The van der Waals surface area contributed by atoms with E-state index in [2.05, 4.69) is 41.5 Å². The predicted molar refractivity (Wildman–Crippen MR) is 95.6 cm³/mol. The van der Waals surface area contributed by atoms with Crippen molar-refractivity contribution in [3.63, 3.8) is 0 Å². The van der Waals surface area contributed by atoms with Gasteiger partial charge in [-0.15, -0.1) is 0 Å². The Morgan fingerprint density at radius 3 is 2.43 bits per heavy atom. The smallest absolute Gasteiger partial charge is 0.191 e. The molecule has 1 rings (SSSR count). The molecule has 1 aromatic rings. The first kappa shape index (κ1) is 19.1. The first-order valence-corrected chi connectivity index (χ1v) is 8.09. The van der Waals surface area contributed by atoms with Gasteiger partial charge in [0.15, 0.2) is 5.96 Å². The number of aliphatic imine (C=N–C) groups is 1. The molecule has 0 unspecified atom stereocenters. The fraction of sp³-hybridized carbons (Fsp3) is 0.588. The van der Waals surface area contributed by atoms with Crippen LogP contribution in [0.2, 0.25) is 0 Å². The molecule has 2 N–H and O–H groups in total. The first-order chi connectivity index (χ1) is 11.2. The minimum Gasteiger partial charge on any atom is -0.497 e. The number of hydrogen-bond donors (Lipinski definition) is 2. The monoisotopic (exact) mass is 322 g/mol. The molecular weight excluding hydrogens is 292 g/mol. The molecule has 0 aliphatic rings. The Kier molecular flexibility index (Phi) is 9.63. The molecule has 0 aromatic heterocycles. The molecule has 0 amide bonds. The third-order valence-corrected chi connectivity index (χ3v) is 3.10. The van der Waals surface area contributed by atoms with Gasteiger partial charge >= 0.3 is 0 Å². The van der Waals surface area contributed by atoms with Crippen LogP contribution in [0.15, 0.2) is 29.3 Å². The van der Waals surface area contributed by atoms with Crippen molar-refractivity contribution in [1.29, 1.82) is 0 Å². The van der Waals surface area contributed by atoms with E-state index in [1.165, 1.54) is 0 Å². The van der Waals surface area contributed by atoms with Gasteiger partial charge in [-0.2, -0.15) is 0 Å². The lowest BCUT2D eigenvalue weighted by Gasteiger charge is -2.13. The third kappa shape index (κ3) is 8.93. The summed E-state index contributed by atoms with van der Waals surface area (Å²) in [6.45, 7) is 6.04. The molecule has 0 atom stereocenters. The van der Waals surface area contributed by atoms with E-state index >= 15 is 0 Å². The summed E-state index contributed by atoms with van der Waals surface area (Å²) in [5.41, 5.74) is 0. The zero-order chi connectivity index (χ0) is 16.9. The molecule has 0 saturated heterocycles. The highest BCUT2D eigenvalue weighted by Crippen LogP contribution is 2.16. The second kappa shape index (κ2) is 11.6. The maximum absolute atomic E-state index is 5.68. The van der Waals surface area contributed by atoms with Gasteiger partial charge in [0.1, 0.15) is 18.1 Å². The normalized spacial score (nSPS) is 11.4. The summed E-state index contributed by atoms with van der Waals surface area (Å²) in [6.07, 6.45) is 1.05. The number of ether oxygens (including phenoxy) is 2. The van der Waals surface area contributed by atoms with Gasteiger partial charge in [-0.3, -0.25) is 4.99 Å². The number of guanidine groups is 1. The van der Waals surface area contributed by atoms with E-state index in [0.717, 1.165) is 43.5 Å². The van der Waals surface area contributed by atoms with Gasteiger partial charge in [0, 0.05) is 13.1 Å². The number of methoxy groups -OCH3 is 1. The number of nitrogens with one attached hydrogen (secondary N) is 2. The molecule has 6 heteroatoms. The molecular formula is C17H30N4O2. The average molecular weight is 322 g/mol. The van der Waals surface area contributed by atoms with E-state index in [0.29, 0.717) is 13.2 Å². The maximum atomic E-state index is 5.68. The number of benzene rings is 1. The minimum atomic E-state index is 0.578. The van der Waals surface area contributed by atoms with E-state index in [1.54, 1.807) is 7.11 Å². The van der Waals surface area contributed by atoms with Crippen LogP contribution in [0.25, 0.3) is 0 Å². The van der Waals surface area contributed by atoms with Crippen LogP contribution in [0, 0.1) is 0 Å². The highest BCUT2D eigenvalue weighted by Gasteiger charge is 1.98. The molecule has 0 fully saturated rings. The van der Waals surface area contributed by atoms with Crippen LogP contribution < -0.4 is 20.1 Å². The summed E-state index contributed by atoms with van der Waals surface area (Å²) in [6, 6.07) is 7.58. The SMILES string of the molecule is CCNC(=NCCCN(C)C)NCCOc1ccc(OC)cc1. The van der Waals surface area contributed by atoms with E-state index in [1.807, 2.05) is 24.3 Å². The molecule has 0 bridgehead atoms. The van der Waals surface area contributed by atoms with Crippen LogP contribution in [0.5, 0.6) is 11.5 Å². The van der Waals surface area contributed by atoms with Gasteiger partial charge in [-0.1, -0.05) is 0 Å². The quantitative estimate of drug-likeness (QED) is 0.389. The Morgan fingerprint density at radius 2 is 1.83 bits per heavy atom. The summed E-state index contributed by atoms with van der Waals surface area (Å²) < 4.78 is 10.8. The Morgan fingerprint density at radius 1 is 1.13 bits per heavy atom. The lowest BCUT2D eigenvalue weighted by molar-refractivity contribution is 0.321. The molecule has 0 spiro atoms. The van der Waals surface area contributed by atoms with E-state index in [-0.39, 0.29) is 0 Å². The van der Waals surface area contributed by atoms with E-state index in [9.17, 15) is 0 Å². The first-order valence-electron chi connectivity index (χ1n) is 8.09. The van der Waals surface area contributed by atoms with Crippen LogP contribution in [-0.4, -0.2) is 64.9 Å². The highest BCUT2D eigenvalue weighted by molar-refractivity contribution is 5.79. The molecule has 6 nitrogen and oxygen atoms in total. The van der Waals surface area contributed by atoms with E-state index < -0.39 is 0 Å². The fourth-order valence-corrected chi connectivity index (χ4v) is 1.93. The average Bonchev–Trinajstić information content (AvgIpc) is 2.55. The van der Waals surface area contributed by atoms with Crippen molar-refractivity contribution in [2.24, 2.45) is 4.99 Å². The van der Waals surface area contributed by atoms with Crippen molar-refractivity contribution in [2.45, 2.75) is 13.3 Å². The maximum Gasteiger partial charge on any atom is 0.191 e. The van der Waals surface area contributed by atoms with Gasteiger partial charge in [-0.25, -0.2) is 0 Å². The summed E-state index contributed by atoms with van der Waals surface area (Å²) in [5, 5.41) is 6.51. The molecule has 0 heterocycles. The highest BCUT2D eigenvalue weighted by atomic mass is 16.5. The summed E-state index contributed by atoms with van der Waals surface area (Å²) in [4.78, 5) is 6.71. The van der Waals surface area contributed by atoms with Crippen molar-refractivity contribution < 1.29 is 9.47 Å². The Labute approximate surface area is 139 Å². The van der Waals surface area contributed by atoms with Gasteiger partial charge in [0.25, 0.3) is 0 Å². The van der Waals surface area contributed by atoms with Gasteiger partial charge in [0.2, 0.25) is 0 Å². The van der Waals surface area contributed by atoms with E-state index in [4.69, 9.17) is 9.47 Å². The zero-order valence-electron chi connectivity index (χ0n) is 14.8. The molecule has 130 valence electrons. The Hall–Kier alpha value is -1.95.